The van der Waals surface area contributed by atoms with Crippen molar-refractivity contribution in [3.05, 3.63) is 45.8 Å². The predicted molar refractivity (Wildman–Crippen MR) is 66.2 cm³/mol. The quantitative estimate of drug-likeness (QED) is 0.616. The van der Waals surface area contributed by atoms with Crippen LogP contribution in [0, 0.1) is 24.0 Å². The van der Waals surface area contributed by atoms with Gasteiger partial charge in [0.05, 0.1) is 23.8 Å². The van der Waals surface area contributed by atoms with Crippen LogP contribution in [-0.4, -0.2) is 21.8 Å². The van der Waals surface area contributed by atoms with Crippen molar-refractivity contribution in [2.24, 2.45) is 0 Å². The van der Waals surface area contributed by atoms with Gasteiger partial charge in [-0.05, 0) is 26.0 Å². The predicted octanol–water partition coefficient (Wildman–Crippen LogP) is 2.41. The highest BCUT2D eigenvalue weighted by molar-refractivity contribution is 5.53. The maximum absolute atomic E-state index is 10.7. The molecule has 0 fully saturated rings. The summed E-state index contributed by atoms with van der Waals surface area (Å²) in [7, 11) is 1.48. The highest BCUT2D eigenvalue weighted by Gasteiger charge is 2.14. The number of methoxy groups -OCH3 is 1. The molecule has 0 bridgehead atoms. The largest absolute Gasteiger partial charge is 0.494 e. The summed E-state index contributed by atoms with van der Waals surface area (Å²) in [6.45, 7) is 3.81. The Morgan fingerprint density at radius 3 is 2.56 bits per heavy atom. The Morgan fingerprint density at radius 2 is 2.06 bits per heavy atom. The molecule has 1 heterocycles. The molecule has 94 valence electrons. The summed E-state index contributed by atoms with van der Waals surface area (Å²) >= 11 is 0. The second-order valence-electron chi connectivity index (χ2n) is 3.95. The first-order valence-corrected chi connectivity index (χ1v) is 5.39. The van der Waals surface area contributed by atoms with E-state index in [0.29, 0.717) is 11.4 Å². The van der Waals surface area contributed by atoms with Crippen LogP contribution in [0.5, 0.6) is 5.75 Å². The van der Waals surface area contributed by atoms with E-state index < -0.39 is 4.92 Å². The number of nitrogens with zero attached hydrogens (tertiary/aromatic N) is 3. The molecule has 0 aliphatic carbocycles. The lowest BCUT2D eigenvalue weighted by molar-refractivity contribution is -0.384. The Bertz CT molecular complexity index is 605. The van der Waals surface area contributed by atoms with Gasteiger partial charge in [-0.15, -0.1) is 0 Å². The van der Waals surface area contributed by atoms with Gasteiger partial charge in [0.15, 0.2) is 5.75 Å². The number of non-ortho nitro benzene ring substituents is 1. The average molecular weight is 247 g/mol. The molecule has 0 atom stereocenters. The van der Waals surface area contributed by atoms with Crippen molar-refractivity contribution in [3.8, 4) is 11.4 Å². The number of nitro benzene ring substituents is 1. The smallest absolute Gasteiger partial charge is 0.273 e. The van der Waals surface area contributed by atoms with E-state index in [0.717, 1.165) is 11.4 Å². The van der Waals surface area contributed by atoms with Gasteiger partial charge in [-0.2, -0.15) is 5.10 Å². The first-order chi connectivity index (χ1) is 8.52. The Morgan fingerprint density at radius 1 is 1.33 bits per heavy atom. The van der Waals surface area contributed by atoms with Gasteiger partial charge >= 0.3 is 0 Å². The minimum absolute atomic E-state index is 0.00266. The lowest BCUT2D eigenvalue weighted by atomic mass is 10.2. The van der Waals surface area contributed by atoms with Gasteiger partial charge in [-0.3, -0.25) is 10.1 Å². The molecule has 2 aromatic rings. The molecule has 0 saturated carbocycles. The van der Waals surface area contributed by atoms with Crippen molar-refractivity contribution in [1.82, 2.24) is 9.78 Å². The number of aromatic nitrogens is 2. The second-order valence-corrected chi connectivity index (χ2v) is 3.95. The zero-order valence-corrected chi connectivity index (χ0v) is 10.4. The monoisotopic (exact) mass is 247 g/mol. The summed E-state index contributed by atoms with van der Waals surface area (Å²) in [5.74, 6) is 0.426. The number of benzene rings is 1. The van der Waals surface area contributed by atoms with Gasteiger partial charge in [0.1, 0.15) is 5.69 Å². The van der Waals surface area contributed by atoms with E-state index in [2.05, 4.69) is 5.10 Å². The molecule has 6 nitrogen and oxygen atoms in total. The molecule has 0 aliphatic rings. The van der Waals surface area contributed by atoms with Gasteiger partial charge in [-0.1, -0.05) is 0 Å². The molecule has 2 rings (SSSR count). The van der Waals surface area contributed by atoms with Gasteiger partial charge < -0.3 is 4.74 Å². The number of nitro groups is 1. The fraction of sp³-hybridized carbons (Fsp3) is 0.250. The number of rotatable bonds is 3. The van der Waals surface area contributed by atoms with Crippen LogP contribution in [0.2, 0.25) is 0 Å². The molecule has 0 aliphatic heterocycles. The number of hydrogen-bond donors (Lipinski definition) is 0. The van der Waals surface area contributed by atoms with Crippen LogP contribution in [0.1, 0.15) is 11.4 Å². The zero-order valence-electron chi connectivity index (χ0n) is 10.4. The summed E-state index contributed by atoms with van der Waals surface area (Å²) in [5, 5.41) is 15.0. The van der Waals surface area contributed by atoms with Gasteiger partial charge in [0.2, 0.25) is 0 Å². The summed E-state index contributed by atoms with van der Waals surface area (Å²) in [5.41, 5.74) is 2.51. The van der Waals surface area contributed by atoms with Crippen LogP contribution in [-0.2, 0) is 0 Å². The average Bonchev–Trinajstić information content (AvgIpc) is 2.67. The highest BCUT2D eigenvalue weighted by Crippen LogP contribution is 2.28. The molecular formula is C12H13N3O3. The number of ether oxygens (including phenoxy) is 1. The maximum atomic E-state index is 10.7. The molecule has 6 heteroatoms. The van der Waals surface area contributed by atoms with Gasteiger partial charge in [0.25, 0.3) is 5.69 Å². The fourth-order valence-corrected chi connectivity index (χ4v) is 1.83. The Hall–Kier alpha value is -2.37. The molecule has 18 heavy (non-hydrogen) atoms. The Kier molecular flexibility index (Phi) is 3.01. The highest BCUT2D eigenvalue weighted by atomic mass is 16.6. The lowest BCUT2D eigenvalue weighted by Crippen LogP contribution is -2.02. The minimum atomic E-state index is -0.451. The zero-order chi connectivity index (χ0) is 13.3. The molecule has 0 spiro atoms. The van der Waals surface area contributed by atoms with E-state index in [4.69, 9.17) is 4.74 Å². The topological polar surface area (TPSA) is 70.2 Å². The van der Waals surface area contributed by atoms with Crippen LogP contribution in [0.3, 0.4) is 0 Å². The van der Waals surface area contributed by atoms with E-state index in [-0.39, 0.29) is 5.69 Å². The summed E-state index contributed by atoms with van der Waals surface area (Å²) in [6, 6.07) is 6.40. The summed E-state index contributed by atoms with van der Waals surface area (Å²) in [4.78, 5) is 10.3. The fourth-order valence-electron chi connectivity index (χ4n) is 1.83. The normalized spacial score (nSPS) is 10.4. The maximum Gasteiger partial charge on any atom is 0.273 e. The Balaban J connectivity index is 2.58. The SMILES string of the molecule is COc1cc([N+](=O)[O-])ccc1-n1nc(C)cc1C. The molecule has 1 aromatic heterocycles. The van der Waals surface area contributed by atoms with Gasteiger partial charge in [0, 0.05) is 11.8 Å². The Labute approximate surface area is 104 Å². The standard InChI is InChI=1S/C12H13N3O3/c1-8-6-9(2)14(13-8)11-5-4-10(15(16)17)7-12(11)18-3/h4-7H,1-3H3. The molecule has 0 unspecified atom stereocenters. The van der Waals surface area contributed by atoms with Crippen LogP contribution in [0.15, 0.2) is 24.3 Å². The third kappa shape index (κ3) is 2.04. The molecule has 0 N–H and O–H groups in total. The first-order valence-electron chi connectivity index (χ1n) is 5.39. The van der Waals surface area contributed by atoms with E-state index in [1.165, 1.54) is 19.2 Å². The second kappa shape index (κ2) is 4.48. The van der Waals surface area contributed by atoms with E-state index in [9.17, 15) is 10.1 Å². The number of aryl methyl sites for hydroxylation is 2. The minimum Gasteiger partial charge on any atom is -0.494 e. The number of hydrogen-bond acceptors (Lipinski definition) is 4. The van der Waals surface area contributed by atoms with Crippen molar-refractivity contribution in [2.45, 2.75) is 13.8 Å². The summed E-state index contributed by atoms with van der Waals surface area (Å²) in [6.07, 6.45) is 0. The molecule has 0 amide bonds. The van der Waals surface area contributed by atoms with Gasteiger partial charge in [-0.25, -0.2) is 4.68 Å². The lowest BCUT2D eigenvalue weighted by Gasteiger charge is -2.09. The van der Waals surface area contributed by atoms with Crippen molar-refractivity contribution < 1.29 is 9.66 Å². The first kappa shape index (κ1) is 12.1. The third-order valence-electron chi connectivity index (χ3n) is 2.61. The van der Waals surface area contributed by atoms with E-state index in [1.807, 2.05) is 19.9 Å². The van der Waals surface area contributed by atoms with Crippen LogP contribution in [0.25, 0.3) is 5.69 Å². The van der Waals surface area contributed by atoms with Crippen molar-refractivity contribution in [2.75, 3.05) is 7.11 Å². The van der Waals surface area contributed by atoms with Crippen LogP contribution < -0.4 is 4.74 Å². The van der Waals surface area contributed by atoms with E-state index in [1.54, 1.807) is 10.7 Å². The summed E-state index contributed by atoms with van der Waals surface area (Å²) < 4.78 is 6.90. The molecular weight excluding hydrogens is 234 g/mol. The van der Waals surface area contributed by atoms with Crippen molar-refractivity contribution in [1.29, 1.82) is 0 Å². The van der Waals surface area contributed by atoms with Crippen molar-refractivity contribution in [3.63, 3.8) is 0 Å². The van der Waals surface area contributed by atoms with Crippen molar-refractivity contribution >= 4 is 5.69 Å². The van der Waals surface area contributed by atoms with Crippen LogP contribution >= 0.6 is 0 Å². The third-order valence-corrected chi connectivity index (χ3v) is 2.61. The molecule has 1 aromatic carbocycles. The van der Waals surface area contributed by atoms with E-state index >= 15 is 0 Å². The molecule has 0 radical (unpaired) electrons. The van der Waals surface area contributed by atoms with Crippen LogP contribution in [0.4, 0.5) is 5.69 Å². The molecule has 0 saturated heterocycles.